The lowest BCUT2D eigenvalue weighted by Gasteiger charge is -2.47. The second kappa shape index (κ2) is 5.50. The molecular formula is C16H32N2. The van der Waals surface area contributed by atoms with Gasteiger partial charge in [0.2, 0.25) is 0 Å². The molecule has 2 heteroatoms. The van der Waals surface area contributed by atoms with Crippen molar-refractivity contribution < 1.29 is 0 Å². The average molecular weight is 252 g/mol. The Morgan fingerprint density at radius 2 is 1.94 bits per heavy atom. The molecule has 2 fully saturated rings. The first-order chi connectivity index (χ1) is 8.44. The van der Waals surface area contributed by atoms with Crippen molar-refractivity contribution in [2.75, 3.05) is 13.6 Å². The monoisotopic (exact) mass is 252 g/mol. The summed E-state index contributed by atoms with van der Waals surface area (Å²) in [6, 6.07) is 2.28. The predicted octanol–water partition coefficient (Wildman–Crippen LogP) is 3.27. The Labute approximate surface area is 114 Å². The third-order valence-corrected chi connectivity index (χ3v) is 5.27. The van der Waals surface area contributed by atoms with Crippen molar-refractivity contribution >= 4 is 0 Å². The van der Waals surface area contributed by atoms with Crippen molar-refractivity contribution in [2.45, 2.75) is 77.9 Å². The zero-order valence-corrected chi connectivity index (χ0v) is 13.0. The summed E-state index contributed by atoms with van der Waals surface area (Å²) in [7, 11) is 2.15. The Balaban J connectivity index is 2.12. The first-order valence-corrected chi connectivity index (χ1v) is 7.87. The van der Waals surface area contributed by atoms with E-state index in [1.165, 1.54) is 38.6 Å². The quantitative estimate of drug-likeness (QED) is 0.829. The molecule has 1 heterocycles. The Bertz CT molecular complexity index is 272. The Hall–Kier alpha value is -0.0800. The summed E-state index contributed by atoms with van der Waals surface area (Å²) in [5.41, 5.74) is 0.530. The van der Waals surface area contributed by atoms with E-state index in [0.29, 0.717) is 11.5 Å². The molecule has 0 aromatic rings. The molecule has 2 rings (SSSR count). The van der Waals surface area contributed by atoms with Crippen molar-refractivity contribution in [3.05, 3.63) is 0 Å². The molecule has 0 radical (unpaired) electrons. The molecule has 1 N–H and O–H groups in total. The van der Waals surface area contributed by atoms with Crippen molar-refractivity contribution in [2.24, 2.45) is 11.3 Å². The van der Waals surface area contributed by atoms with Gasteiger partial charge >= 0.3 is 0 Å². The van der Waals surface area contributed by atoms with E-state index < -0.39 is 0 Å². The molecule has 3 unspecified atom stereocenters. The minimum absolute atomic E-state index is 0.530. The summed E-state index contributed by atoms with van der Waals surface area (Å²) in [5, 5.41) is 3.59. The summed E-state index contributed by atoms with van der Waals surface area (Å²) in [6.45, 7) is 11.0. The third-order valence-electron chi connectivity index (χ3n) is 5.27. The van der Waals surface area contributed by atoms with E-state index in [4.69, 9.17) is 0 Å². The van der Waals surface area contributed by atoms with Crippen molar-refractivity contribution in [3.63, 3.8) is 0 Å². The van der Waals surface area contributed by atoms with E-state index in [9.17, 15) is 0 Å². The van der Waals surface area contributed by atoms with Crippen LogP contribution >= 0.6 is 0 Å². The standard InChI is InChI=1S/C16H32N2/c1-12(2)14-7-6-10-18(14)15-11-16(3,4)9-8-13(15)17-5/h12-15,17H,6-11H2,1-5H3. The number of hydrogen-bond donors (Lipinski definition) is 1. The van der Waals surface area contributed by atoms with Crippen LogP contribution in [0.1, 0.15) is 59.8 Å². The molecule has 2 aliphatic rings. The fourth-order valence-corrected chi connectivity index (χ4v) is 4.18. The molecule has 0 aromatic carbocycles. The second-order valence-electron chi connectivity index (χ2n) is 7.56. The highest BCUT2D eigenvalue weighted by molar-refractivity contribution is 4.98. The van der Waals surface area contributed by atoms with E-state index in [-0.39, 0.29) is 0 Å². The topological polar surface area (TPSA) is 15.3 Å². The largest absolute Gasteiger partial charge is 0.315 e. The van der Waals surface area contributed by atoms with E-state index in [2.05, 4.69) is 45.0 Å². The lowest BCUT2D eigenvalue weighted by atomic mass is 9.72. The van der Waals surface area contributed by atoms with Gasteiger partial charge in [-0.05, 0) is 57.0 Å². The Morgan fingerprint density at radius 3 is 2.56 bits per heavy atom. The number of nitrogens with zero attached hydrogens (tertiary/aromatic N) is 1. The molecule has 18 heavy (non-hydrogen) atoms. The molecule has 1 aliphatic heterocycles. The van der Waals surface area contributed by atoms with Gasteiger partial charge in [-0.2, -0.15) is 0 Å². The van der Waals surface area contributed by atoms with Crippen LogP contribution in [0.15, 0.2) is 0 Å². The number of rotatable bonds is 3. The number of hydrogen-bond acceptors (Lipinski definition) is 2. The minimum Gasteiger partial charge on any atom is -0.315 e. The number of likely N-dealkylation sites (N-methyl/N-ethyl adjacent to an activating group) is 1. The van der Waals surface area contributed by atoms with Gasteiger partial charge in [-0.3, -0.25) is 4.90 Å². The van der Waals surface area contributed by atoms with Crippen LogP contribution in [0.4, 0.5) is 0 Å². The third kappa shape index (κ3) is 2.91. The summed E-state index contributed by atoms with van der Waals surface area (Å²) in [4.78, 5) is 2.84. The highest BCUT2D eigenvalue weighted by Gasteiger charge is 2.41. The fraction of sp³-hybridized carbons (Fsp3) is 1.00. The van der Waals surface area contributed by atoms with Crippen molar-refractivity contribution in [1.29, 1.82) is 0 Å². The lowest BCUT2D eigenvalue weighted by Crippen LogP contribution is -2.56. The lowest BCUT2D eigenvalue weighted by molar-refractivity contribution is 0.0465. The maximum atomic E-state index is 3.59. The van der Waals surface area contributed by atoms with Gasteiger partial charge in [0.05, 0.1) is 0 Å². The molecule has 1 saturated heterocycles. The molecule has 106 valence electrons. The highest BCUT2D eigenvalue weighted by Crippen LogP contribution is 2.40. The molecule has 1 saturated carbocycles. The van der Waals surface area contributed by atoms with Gasteiger partial charge in [0.25, 0.3) is 0 Å². The van der Waals surface area contributed by atoms with Crippen LogP contribution in [0.3, 0.4) is 0 Å². The molecule has 2 nitrogen and oxygen atoms in total. The minimum atomic E-state index is 0.530. The normalized spacial score (nSPS) is 37.3. The second-order valence-corrected chi connectivity index (χ2v) is 7.56. The SMILES string of the molecule is CNC1CCC(C)(C)CC1N1CCCC1C(C)C. The van der Waals surface area contributed by atoms with Crippen LogP contribution < -0.4 is 5.32 Å². The van der Waals surface area contributed by atoms with Gasteiger partial charge in [-0.25, -0.2) is 0 Å². The molecule has 0 spiro atoms. The average Bonchev–Trinajstić information content (AvgIpc) is 2.76. The predicted molar refractivity (Wildman–Crippen MR) is 78.8 cm³/mol. The van der Waals surface area contributed by atoms with Crippen LogP contribution in [0.5, 0.6) is 0 Å². The Morgan fingerprint density at radius 1 is 1.22 bits per heavy atom. The van der Waals surface area contributed by atoms with Gasteiger partial charge in [0.15, 0.2) is 0 Å². The van der Waals surface area contributed by atoms with Gasteiger partial charge in [-0.1, -0.05) is 27.7 Å². The first-order valence-electron chi connectivity index (χ1n) is 7.87. The van der Waals surface area contributed by atoms with Crippen LogP contribution in [-0.4, -0.2) is 36.6 Å². The van der Waals surface area contributed by atoms with E-state index in [1.54, 1.807) is 0 Å². The summed E-state index contributed by atoms with van der Waals surface area (Å²) >= 11 is 0. The van der Waals surface area contributed by atoms with E-state index in [0.717, 1.165) is 18.0 Å². The molecular weight excluding hydrogens is 220 g/mol. The summed E-state index contributed by atoms with van der Waals surface area (Å²) < 4.78 is 0. The smallest absolute Gasteiger partial charge is 0.0257 e. The first kappa shape index (κ1) is 14.3. The van der Waals surface area contributed by atoms with Gasteiger partial charge < -0.3 is 5.32 Å². The van der Waals surface area contributed by atoms with Gasteiger partial charge in [0.1, 0.15) is 0 Å². The van der Waals surface area contributed by atoms with E-state index in [1.807, 2.05) is 0 Å². The summed E-state index contributed by atoms with van der Waals surface area (Å²) in [6.07, 6.45) is 6.88. The summed E-state index contributed by atoms with van der Waals surface area (Å²) in [5.74, 6) is 0.801. The van der Waals surface area contributed by atoms with E-state index >= 15 is 0 Å². The maximum absolute atomic E-state index is 3.59. The zero-order valence-electron chi connectivity index (χ0n) is 13.0. The van der Waals surface area contributed by atoms with Gasteiger partial charge in [-0.15, -0.1) is 0 Å². The highest BCUT2D eigenvalue weighted by atomic mass is 15.2. The van der Waals surface area contributed by atoms with Crippen LogP contribution in [-0.2, 0) is 0 Å². The van der Waals surface area contributed by atoms with Gasteiger partial charge in [0, 0.05) is 18.1 Å². The fourth-order valence-electron chi connectivity index (χ4n) is 4.18. The van der Waals surface area contributed by atoms with Crippen molar-refractivity contribution in [1.82, 2.24) is 10.2 Å². The maximum Gasteiger partial charge on any atom is 0.0257 e. The molecule has 0 bridgehead atoms. The number of likely N-dealkylation sites (tertiary alicyclic amines) is 1. The van der Waals surface area contributed by atoms with Crippen LogP contribution in [0, 0.1) is 11.3 Å². The Kier molecular flexibility index (Phi) is 4.38. The molecule has 0 amide bonds. The molecule has 3 atom stereocenters. The van der Waals surface area contributed by atoms with Crippen LogP contribution in [0.2, 0.25) is 0 Å². The molecule has 1 aliphatic carbocycles. The van der Waals surface area contributed by atoms with Crippen molar-refractivity contribution in [3.8, 4) is 0 Å². The van der Waals surface area contributed by atoms with Crippen LogP contribution in [0.25, 0.3) is 0 Å². The molecule has 0 aromatic heterocycles. The number of nitrogens with one attached hydrogen (secondary N) is 1. The zero-order chi connectivity index (χ0) is 13.3.